The molecule has 2 saturated heterocycles. The Labute approximate surface area is 576 Å². The number of nitrogens with two attached hydrogens (primary N) is 1. The van der Waals surface area contributed by atoms with Crippen LogP contribution in [0.25, 0.3) is 44.6 Å². The van der Waals surface area contributed by atoms with Crippen molar-refractivity contribution in [2.75, 3.05) is 83.9 Å². The van der Waals surface area contributed by atoms with Crippen LogP contribution in [0, 0.1) is 0 Å². The van der Waals surface area contributed by atoms with Crippen LogP contribution in [0.15, 0.2) is 94.4 Å². The van der Waals surface area contributed by atoms with Gasteiger partial charge >= 0.3 is 12.0 Å². The number of nitrogens with one attached hydrogen (secondary N) is 8. The number of rotatable bonds is 44. The molecule has 3 aliphatic heterocycles. The highest BCUT2D eigenvalue weighted by Crippen LogP contribution is 2.42. The summed E-state index contributed by atoms with van der Waals surface area (Å²) in [6.07, 6.45) is 10.2. The van der Waals surface area contributed by atoms with Crippen molar-refractivity contribution in [1.29, 1.82) is 0 Å². The molecule has 0 spiro atoms. The summed E-state index contributed by atoms with van der Waals surface area (Å²) in [4.78, 5) is 117. The van der Waals surface area contributed by atoms with Crippen LogP contribution in [0.2, 0.25) is 0 Å². The minimum absolute atomic E-state index is 0.00520. The fraction of sp³-hybridized carbons (Fsp3) is 0.471. The Bertz CT molecular complexity index is 3870. The third-order valence-corrected chi connectivity index (χ3v) is 18.3. The number of carbonyl (C=O) groups excluding carboxylic acids is 6. The number of hydrogen-bond acceptors (Lipinski definition) is 20. The number of aromatic carboxylic acids is 1. The maximum absolute atomic E-state index is 13.5. The number of carboxylic acids is 1. The van der Waals surface area contributed by atoms with Gasteiger partial charge in [0, 0.05) is 90.7 Å². The molecule has 530 valence electrons. The molecule has 0 saturated carbocycles. The van der Waals surface area contributed by atoms with Crippen molar-refractivity contribution in [3.8, 4) is 34.1 Å². The topological polar surface area (TPSA) is 401 Å². The van der Waals surface area contributed by atoms with Crippen LogP contribution in [0.5, 0.6) is 11.6 Å². The maximum Gasteiger partial charge on any atom is 0.336 e. The van der Waals surface area contributed by atoms with Gasteiger partial charge in [-0.05, 0) is 111 Å². The Kier molecular flexibility index (Phi) is 28.8. The van der Waals surface area contributed by atoms with Crippen LogP contribution in [-0.4, -0.2) is 173 Å². The monoisotopic (exact) mass is 1380 g/mol. The number of fused-ring (bicyclic) bond motifs is 4. The summed E-state index contributed by atoms with van der Waals surface area (Å²) in [5.41, 5.74) is 9.88. The van der Waals surface area contributed by atoms with Crippen LogP contribution in [0.1, 0.15) is 128 Å². The lowest BCUT2D eigenvalue weighted by Gasteiger charge is -2.19. The number of thioether (sulfide) groups is 1. The summed E-state index contributed by atoms with van der Waals surface area (Å²) in [6, 6.07) is 20.2. The molecule has 2 aromatic heterocycles. The van der Waals surface area contributed by atoms with Crippen LogP contribution in [-0.2, 0) is 51.3 Å². The predicted octanol–water partition coefficient (Wildman–Crippen LogP) is 6.64. The fourth-order valence-electron chi connectivity index (χ4n) is 11.7. The summed E-state index contributed by atoms with van der Waals surface area (Å²) >= 11 is 1.86. The Morgan fingerprint density at radius 2 is 1.31 bits per heavy atom. The van der Waals surface area contributed by atoms with Crippen molar-refractivity contribution in [2.24, 2.45) is 0 Å². The third-order valence-electron chi connectivity index (χ3n) is 16.8. The van der Waals surface area contributed by atoms with Gasteiger partial charge in [-0.3, -0.25) is 28.8 Å². The quantitative estimate of drug-likeness (QED) is 0.0108. The molecular weight excluding hydrogens is 1300 g/mol. The minimum atomic E-state index is -1.27. The van der Waals surface area contributed by atoms with E-state index in [0.717, 1.165) is 36.1 Å². The van der Waals surface area contributed by atoms with E-state index in [1.807, 2.05) is 36.0 Å². The number of urea groups is 1. The molecule has 0 radical (unpaired) electrons. The van der Waals surface area contributed by atoms with Crippen LogP contribution in [0.4, 0.5) is 10.7 Å². The van der Waals surface area contributed by atoms with Gasteiger partial charge in [-0.15, -0.1) is 0 Å². The highest BCUT2D eigenvalue weighted by atomic mass is 32.2. The van der Waals surface area contributed by atoms with Gasteiger partial charge in [0.25, 0.3) is 5.91 Å². The molecule has 2 fully saturated rings. The number of aromatic nitrogens is 4. The van der Waals surface area contributed by atoms with E-state index in [0.29, 0.717) is 168 Å². The van der Waals surface area contributed by atoms with E-state index in [2.05, 4.69) is 57.2 Å². The number of hydrogen-bond donors (Lipinski definition) is 11. The first-order valence-electron chi connectivity index (χ1n) is 33.8. The summed E-state index contributed by atoms with van der Waals surface area (Å²) < 4.78 is 34.5. The highest BCUT2D eigenvalue weighted by molar-refractivity contribution is 8.00. The van der Waals surface area contributed by atoms with E-state index >= 15 is 0 Å². The molecule has 5 aromatic rings. The van der Waals surface area contributed by atoms with E-state index < -0.39 is 17.9 Å². The smallest absolute Gasteiger partial charge is 0.336 e. The lowest BCUT2D eigenvalue weighted by atomic mass is 9.90. The number of benzene rings is 4. The van der Waals surface area contributed by atoms with E-state index in [4.69, 9.17) is 33.8 Å². The average Bonchev–Trinajstić information content (AvgIpc) is 1.29. The number of nitrogens with zero attached hydrogens (tertiary/aromatic N) is 3. The first kappa shape index (κ1) is 73.8. The van der Waals surface area contributed by atoms with Crippen LogP contribution in [0.3, 0.4) is 0 Å². The number of aromatic hydroxyl groups is 1. The first-order valence-corrected chi connectivity index (χ1v) is 34.8. The summed E-state index contributed by atoms with van der Waals surface area (Å²) in [6.45, 7) is 4.44. The second-order valence-electron chi connectivity index (χ2n) is 24.2. The number of nitrogen functional groups attached to an aromatic ring is 1. The molecule has 7 amide bonds. The standard InChI is InChI=1S/C70H88N12O16S/c71-69-81-64-63(76-43-77-64)67(82-69)97-41-45-18-16-44(17-19-45)40-96-36-35-95-34-33-94-32-31-93-30-29-75-66(89)53(78-60(87)15-4-2-8-26-72-59(86)14-6-5-12-57-62-54(42-99-57)79-70(92)80-62)11-7-10-27-73-58(85)13-3-1-9-28-74-65(88)46-20-23-49(52(37-46)68(90)91)61-50-24-21-47(83)38-55(50)98-56-39-48(84)22-25-51(56)61/h16-25,37-39,43,53-54,57,62,83H,1-15,26-36,40-42H2,(H,72,86)(H,73,85)(H,74,88)(H,75,89)(H,78,87)(H,90,91)(H2,79,80,92)(H3,71,76,77,81,82)/t53?,54-,57-,62-/m1/s1. The second kappa shape index (κ2) is 38.7. The molecular formula is C70H88N12O16S. The zero-order valence-corrected chi connectivity index (χ0v) is 56.2. The number of carboxylic acid groups (broad SMARTS) is 1. The van der Waals surface area contributed by atoms with Crippen LogP contribution >= 0.6 is 11.8 Å². The molecule has 1 unspecified atom stereocenters. The number of carbonyl (C=O) groups is 7. The zero-order valence-electron chi connectivity index (χ0n) is 55.3. The lowest BCUT2D eigenvalue weighted by molar-refractivity contribution is -0.129. The number of imidazole rings is 1. The Hall–Kier alpha value is -9.42. The lowest BCUT2D eigenvalue weighted by Crippen LogP contribution is -2.47. The number of aromatic amines is 1. The molecule has 12 N–H and O–H groups in total. The number of phenols is 1. The minimum Gasteiger partial charge on any atom is -0.508 e. The van der Waals surface area contributed by atoms with Crippen molar-refractivity contribution < 1.29 is 71.9 Å². The Balaban J connectivity index is 0.620. The van der Waals surface area contributed by atoms with E-state index in [-0.39, 0.29) is 120 Å². The van der Waals surface area contributed by atoms with Gasteiger partial charge in [0.1, 0.15) is 29.7 Å². The summed E-state index contributed by atoms with van der Waals surface area (Å²) in [5, 5.41) is 41.8. The van der Waals surface area contributed by atoms with Gasteiger partial charge in [-0.25, -0.2) is 14.6 Å². The largest absolute Gasteiger partial charge is 0.508 e. The average molecular weight is 1390 g/mol. The van der Waals surface area contributed by atoms with Gasteiger partial charge < -0.3 is 86.2 Å². The van der Waals surface area contributed by atoms with Gasteiger partial charge in [0.2, 0.25) is 35.5 Å². The van der Waals surface area contributed by atoms with Crippen molar-refractivity contribution in [3.05, 3.63) is 118 Å². The Morgan fingerprint density at radius 1 is 0.657 bits per heavy atom. The van der Waals surface area contributed by atoms with Gasteiger partial charge in [-0.1, -0.05) is 49.6 Å². The molecule has 29 heteroatoms. The van der Waals surface area contributed by atoms with E-state index in [9.17, 15) is 48.6 Å². The number of phenolic OH excluding ortho intramolecular Hbond substituents is 1. The van der Waals surface area contributed by atoms with Gasteiger partial charge in [0.15, 0.2) is 16.6 Å². The molecule has 99 heavy (non-hydrogen) atoms. The van der Waals surface area contributed by atoms with Crippen LogP contribution < -0.4 is 53.1 Å². The highest BCUT2D eigenvalue weighted by Gasteiger charge is 2.42. The second-order valence-corrected chi connectivity index (χ2v) is 25.5. The molecule has 28 nitrogen and oxygen atoms in total. The first-order chi connectivity index (χ1) is 48.1. The third kappa shape index (κ3) is 23.1. The van der Waals surface area contributed by atoms with Gasteiger partial charge in [-0.2, -0.15) is 21.7 Å². The summed E-state index contributed by atoms with van der Waals surface area (Å²) in [7, 11) is 0. The van der Waals surface area contributed by atoms with E-state index in [1.165, 1.54) is 42.7 Å². The summed E-state index contributed by atoms with van der Waals surface area (Å²) in [5.74, 6) is -1.07. The normalized spacial score (nSPS) is 15.1. The SMILES string of the molecule is Nc1nc(OCc2ccc(COCCOCCOCCOCCNC(=O)C(CCCCNC(=O)CCCCCNC(=O)c3ccc(-c4c5ccc(=O)cc-5oc5cc(O)ccc45)c(C(=O)O)c3)NC(=O)CCCCCNC(=O)CCCC[C@H]3SC[C@H]4NC(=O)N[C@H]43)cc2)c2nc[nH]c2n1. The molecule has 4 aliphatic rings. The van der Waals surface area contributed by atoms with Crippen molar-refractivity contribution in [2.45, 2.75) is 133 Å². The zero-order chi connectivity index (χ0) is 69.7. The predicted molar refractivity (Wildman–Crippen MR) is 370 cm³/mol. The number of H-pyrrole nitrogens is 1. The fourth-order valence-corrected chi connectivity index (χ4v) is 13.2. The van der Waals surface area contributed by atoms with Gasteiger partial charge in [0.05, 0.1) is 76.8 Å². The molecule has 9 rings (SSSR count). The molecule has 0 bridgehead atoms. The van der Waals surface area contributed by atoms with Crippen molar-refractivity contribution >= 4 is 81.4 Å². The molecule has 3 aromatic carbocycles. The molecule has 4 atom stereocenters. The van der Waals surface area contributed by atoms with Crippen molar-refractivity contribution in [3.63, 3.8) is 0 Å². The number of ether oxygens (including phenoxy) is 5. The number of unbranched alkanes of at least 4 members (excludes halogenated alkanes) is 6. The van der Waals surface area contributed by atoms with E-state index in [1.54, 1.807) is 18.2 Å². The molecule has 1 aliphatic carbocycles. The number of anilines is 1. The maximum atomic E-state index is 13.5. The Morgan fingerprint density at radius 3 is 2.04 bits per heavy atom. The van der Waals surface area contributed by atoms with Crippen molar-refractivity contribution in [1.82, 2.24) is 57.2 Å². The number of amides is 7. The molecule has 5 heterocycles.